The minimum absolute atomic E-state index is 0.0715. The van der Waals surface area contributed by atoms with Gasteiger partial charge in [-0.05, 0) is 30.5 Å². The second-order valence-corrected chi connectivity index (χ2v) is 4.89. The van der Waals surface area contributed by atoms with Crippen LogP contribution in [0.25, 0.3) is 0 Å². The molecule has 1 rings (SSSR count). The highest BCUT2D eigenvalue weighted by Crippen LogP contribution is 2.26. The van der Waals surface area contributed by atoms with Gasteiger partial charge in [-0.15, -0.1) is 11.8 Å². The summed E-state index contributed by atoms with van der Waals surface area (Å²) in [5.41, 5.74) is 2.04. The zero-order valence-electron chi connectivity index (χ0n) is 8.95. The molecule has 0 aromatic carbocycles. The summed E-state index contributed by atoms with van der Waals surface area (Å²) in [5, 5.41) is 10.6. The maximum absolute atomic E-state index is 8.93. The lowest BCUT2D eigenvalue weighted by Crippen LogP contribution is -1.97. The van der Waals surface area contributed by atoms with E-state index in [1.165, 1.54) is 0 Å². The Bertz CT molecular complexity index is 301. The van der Waals surface area contributed by atoms with Crippen LogP contribution in [0.15, 0.2) is 17.3 Å². The minimum atomic E-state index is 0.0715. The van der Waals surface area contributed by atoms with Crippen molar-refractivity contribution in [2.45, 2.75) is 44.1 Å². The molecule has 14 heavy (non-hydrogen) atoms. The average molecular weight is 211 g/mol. The van der Waals surface area contributed by atoms with Crippen LogP contribution in [-0.4, -0.2) is 15.3 Å². The van der Waals surface area contributed by atoms with Crippen molar-refractivity contribution in [3.63, 3.8) is 0 Å². The highest BCUT2D eigenvalue weighted by Gasteiger charge is 2.06. The van der Waals surface area contributed by atoms with Gasteiger partial charge in [0.15, 0.2) is 0 Å². The Hall–Kier alpha value is -0.540. The molecular formula is C11H17NOS. The third-order valence-electron chi connectivity index (χ3n) is 2.16. The number of hydrogen-bond acceptors (Lipinski definition) is 3. The van der Waals surface area contributed by atoms with Crippen LogP contribution in [0.5, 0.6) is 0 Å². The summed E-state index contributed by atoms with van der Waals surface area (Å²) >= 11 is 1.80. The van der Waals surface area contributed by atoms with Crippen molar-refractivity contribution < 1.29 is 5.11 Å². The number of aliphatic hydroxyl groups is 1. The first kappa shape index (κ1) is 11.5. The number of aromatic nitrogens is 1. The Balaban J connectivity index is 2.78. The van der Waals surface area contributed by atoms with E-state index in [4.69, 9.17) is 5.11 Å². The lowest BCUT2D eigenvalue weighted by Gasteiger charge is -2.10. The number of hydrogen-bond donors (Lipinski definition) is 1. The maximum Gasteiger partial charge on any atom is 0.0991 e. The molecule has 78 valence electrons. The van der Waals surface area contributed by atoms with Gasteiger partial charge in [0, 0.05) is 11.4 Å². The van der Waals surface area contributed by atoms with Gasteiger partial charge in [-0.1, -0.05) is 13.8 Å². The molecule has 0 aliphatic heterocycles. The average Bonchev–Trinajstić information content (AvgIpc) is 2.20. The van der Waals surface area contributed by atoms with Gasteiger partial charge < -0.3 is 5.11 Å². The van der Waals surface area contributed by atoms with E-state index in [-0.39, 0.29) is 6.61 Å². The van der Waals surface area contributed by atoms with Crippen molar-refractivity contribution in [2.75, 3.05) is 0 Å². The van der Waals surface area contributed by atoms with E-state index in [0.717, 1.165) is 22.6 Å². The molecule has 1 aromatic rings. The first-order valence-corrected chi connectivity index (χ1v) is 5.78. The Morgan fingerprint density at radius 1 is 1.57 bits per heavy atom. The van der Waals surface area contributed by atoms with Crippen LogP contribution in [0.3, 0.4) is 0 Å². The van der Waals surface area contributed by atoms with E-state index in [1.54, 1.807) is 18.0 Å². The van der Waals surface area contributed by atoms with Gasteiger partial charge in [-0.3, -0.25) is 0 Å². The molecule has 0 radical (unpaired) electrons. The molecule has 1 heterocycles. The van der Waals surface area contributed by atoms with Gasteiger partial charge in [0.25, 0.3) is 0 Å². The SMILES string of the molecule is CCC(C)Sc1ncc(CO)cc1C. The molecule has 0 amide bonds. The molecule has 0 saturated carbocycles. The second kappa shape index (κ2) is 5.37. The molecule has 0 aliphatic rings. The zero-order valence-corrected chi connectivity index (χ0v) is 9.77. The van der Waals surface area contributed by atoms with E-state index in [2.05, 4.69) is 18.8 Å². The molecular weight excluding hydrogens is 194 g/mol. The normalized spacial score (nSPS) is 12.9. The van der Waals surface area contributed by atoms with Gasteiger partial charge in [0.2, 0.25) is 0 Å². The van der Waals surface area contributed by atoms with E-state index in [1.807, 2.05) is 13.0 Å². The zero-order chi connectivity index (χ0) is 10.6. The third kappa shape index (κ3) is 3.00. The fourth-order valence-corrected chi connectivity index (χ4v) is 2.01. The quantitative estimate of drug-likeness (QED) is 0.777. The molecule has 0 aliphatic carbocycles. The summed E-state index contributed by atoms with van der Waals surface area (Å²) in [5.74, 6) is 0. The van der Waals surface area contributed by atoms with E-state index >= 15 is 0 Å². The second-order valence-electron chi connectivity index (χ2n) is 3.46. The molecule has 0 fully saturated rings. The standard InChI is InChI=1S/C11H17NOS/c1-4-9(3)14-11-8(2)5-10(7-13)6-12-11/h5-6,9,13H,4,7H2,1-3H3. The van der Waals surface area contributed by atoms with Gasteiger partial charge in [-0.25, -0.2) is 4.98 Å². The molecule has 1 aromatic heterocycles. The maximum atomic E-state index is 8.93. The molecule has 2 nitrogen and oxygen atoms in total. The van der Waals surface area contributed by atoms with Crippen LogP contribution in [-0.2, 0) is 6.61 Å². The summed E-state index contributed by atoms with van der Waals surface area (Å²) in [7, 11) is 0. The monoisotopic (exact) mass is 211 g/mol. The van der Waals surface area contributed by atoms with Crippen LogP contribution in [0.2, 0.25) is 0 Å². The van der Waals surface area contributed by atoms with Gasteiger partial charge in [0.1, 0.15) is 0 Å². The lowest BCUT2D eigenvalue weighted by atomic mass is 10.2. The van der Waals surface area contributed by atoms with Crippen molar-refractivity contribution >= 4 is 11.8 Å². The van der Waals surface area contributed by atoms with Crippen LogP contribution in [0.1, 0.15) is 31.4 Å². The molecule has 3 heteroatoms. The Morgan fingerprint density at radius 3 is 2.79 bits per heavy atom. The lowest BCUT2D eigenvalue weighted by molar-refractivity contribution is 0.281. The Kier molecular flexibility index (Phi) is 4.42. The number of rotatable bonds is 4. The molecule has 0 saturated heterocycles. The van der Waals surface area contributed by atoms with E-state index in [0.29, 0.717) is 5.25 Å². The van der Waals surface area contributed by atoms with Gasteiger partial charge in [0.05, 0.1) is 11.6 Å². The number of aliphatic hydroxyl groups excluding tert-OH is 1. The van der Waals surface area contributed by atoms with Crippen LogP contribution in [0.4, 0.5) is 0 Å². The van der Waals surface area contributed by atoms with Gasteiger partial charge in [-0.2, -0.15) is 0 Å². The van der Waals surface area contributed by atoms with Crippen molar-refractivity contribution in [1.82, 2.24) is 4.98 Å². The van der Waals surface area contributed by atoms with Crippen molar-refractivity contribution in [3.8, 4) is 0 Å². The first-order valence-electron chi connectivity index (χ1n) is 4.90. The van der Waals surface area contributed by atoms with Crippen LogP contribution >= 0.6 is 11.8 Å². The van der Waals surface area contributed by atoms with Crippen molar-refractivity contribution in [2.24, 2.45) is 0 Å². The molecule has 1 N–H and O–H groups in total. The van der Waals surface area contributed by atoms with Crippen molar-refractivity contribution in [1.29, 1.82) is 0 Å². The fraction of sp³-hybridized carbons (Fsp3) is 0.545. The summed E-state index contributed by atoms with van der Waals surface area (Å²) in [6, 6.07) is 2.00. The molecule has 1 unspecified atom stereocenters. The number of pyridine rings is 1. The number of nitrogens with zero attached hydrogens (tertiary/aromatic N) is 1. The Labute approximate surface area is 89.8 Å². The predicted octanol–water partition coefficient (Wildman–Crippen LogP) is 2.77. The number of aryl methyl sites for hydroxylation is 1. The highest BCUT2D eigenvalue weighted by molar-refractivity contribution is 7.99. The molecule has 0 bridgehead atoms. The molecule has 1 atom stereocenters. The number of thioether (sulfide) groups is 1. The van der Waals surface area contributed by atoms with Crippen LogP contribution < -0.4 is 0 Å². The van der Waals surface area contributed by atoms with E-state index in [9.17, 15) is 0 Å². The summed E-state index contributed by atoms with van der Waals surface area (Å²) in [6.45, 7) is 6.49. The Morgan fingerprint density at radius 2 is 2.29 bits per heavy atom. The smallest absolute Gasteiger partial charge is 0.0991 e. The topological polar surface area (TPSA) is 33.1 Å². The summed E-state index contributed by atoms with van der Waals surface area (Å²) in [4.78, 5) is 4.34. The van der Waals surface area contributed by atoms with Gasteiger partial charge >= 0.3 is 0 Å². The van der Waals surface area contributed by atoms with E-state index < -0.39 is 0 Å². The molecule has 0 spiro atoms. The van der Waals surface area contributed by atoms with Crippen molar-refractivity contribution in [3.05, 3.63) is 23.4 Å². The van der Waals surface area contributed by atoms with Crippen LogP contribution in [0, 0.1) is 6.92 Å². The first-order chi connectivity index (χ1) is 6.67. The highest BCUT2D eigenvalue weighted by atomic mass is 32.2. The summed E-state index contributed by atoms with van der Waals surface area (Å²) < 4.78 is 0. The minimum Gasteiger partial charge on any atom is -0.392 e. The summed E-state index contributed by atoms with van der Waals surface area (Å²) in [6.07, 6.45) is 2.89. The predicted molar refractivity (Wildman–Crippen MR) is 60.5 cm³/mol. The third-order valence-corrected chi connectivity index (χ3v) is 3.54. The fourth-order valence-electron chi connectivity index (χ4n) is 1.10. The largest absolute Gasteiger partial charge is 0.392 e.